The fourth-order valence-electron chi connectivity index (χ4n) is 6.52. The number of carbonyl (C=O) groups is 2. The molecule has 254 valence electrons. The molecule has 0 spiro atoms. The van der Waals surface area contributed by atoms with Crippen molar-refractivity contribution >= 4 is 21.7 Å². The number of aliphatic hydroxyl groups excluding tert-OH is 1. The second-order valence-corrected chi connectivity index (χ2v) is 14.8. The summed E-state index contributed by atoms with van der Waals surface area (Å²) in [5.74, 6) is -3.29. The van der Waals surface area contributed by atoms with Crippen LogP contribution >= 0.6 is 0 Å². The highest BCUT2D eigenvalue weighted by Crippen LogP contribution is 2.32. The lowest BCUT2D eigenvalue weighted by Crippen LogP contribution is -2.46. The molecule has 0 bridgehead atoms. The molecule has 7 nitrogen and oxygen atoms in total. The molecule has 47 heavy (non-hydrogen) atoms. The van der Waals surface area contributed by atoms with Gasteiger partial charge < -0.3 is 10.0 Å². The molecule has 1 heterocycles. The number of aryl methyl sites for hydroxylation is 2. The molecule has 1 saturated heterocycles. The van der Waals surface area contributed by atoms with Gasteiger partial charge >= 0.3 is 0 Å². The molecule has 0 aromatic heterocycles. The molecular weight excluding hydrogens is 622 g/mol. The molecular formula is C37H46F2N2O5S. The van der Waals surface area contributed by atoms with Crippen LogP contribution in [0.15, 0.2) is 65.6 Å². The van der Waals surface area contributed by atoms with Crippen molar-refractivity contribution in [2.24, 2.45) is 11.8 Å². The molecule has 3 aromatic carbocycles. The van der Waals surface area contributed by atoms with Gasteiger partial charge in [-0.05, 0) is 111 Å². The summed E-state index contributed by atoms with van der Waals surface area (Å²) in [5.41, 5.74) is 2.68. The summed E-state index contributed by atoms with van der Waals surface area (Å²) in [6, 6.07) is 14.8. The lowest BCUT2D eigenvalue weighted by molar-refractivity contribution is 0.0231. The molecule has 3 aromatic rings. The van der Waals surface area contributed by atoms with Crippen LogP contribution in [0.5, 0.6) is 0 Å². The van der Waals surface area contributed by atoms with Crippen molar-refractivity contribution in [3.8, 4) is 0 Å². The number of Topliss-reactive ketones (excluding diaryl/α,β-unsaturated/α-hetero) is 1. The summed E-state index contributed by atoms with van der Waals surface area (Å²) in [6.45, 7) is 9.23. The van der Waals surface area contributed by atoms with Crippen LogP contribution in [0.4, 0.5) is 8.78 Å². The van der Waals surface area contributed by atoms with Gasteiger partial charge in [0.05, 0.1) is 11.0 Å². The second kappa shape index (κ2) is 16.1. The maximum atomic E-state index is 14.2. The summed E-state index contributed by atoms with van der Waals surface area (Å²) >= 11 is 0. The predicted molar refractivity (Wildman–Crippen MR) is 179 cm³/mol. The molecule has 1 N–H and O–H groups in total. The first-order valence-corrected chi connectivity index (χ1v) is 17.9. The zero-order valence-electron chi connectivity index (χ0n) is 27.7. The van der Waals surface area contributed by atoms with Gasteiger partial charge in [-0.2, -0.15) is 4.31 Å². The van der Waals surface area contributed by atoms with E-state index >= 15 is 0 Å². The molecule has 2 unspecified atom stereocenters. The SMILES string of the molecule is CCCN(CCC)C(=O)c1cc(C)cc(C(=O)CC(Cc2cc(F)cc(F)c2)[C@H](O)C2CCCN(S(=O)(=O)c3ccc(C)cc3)C2)c1. The van der Waals surface area contributed by atoms with Gasteiger partial charge in [-0.1, -0.05) is 31.5 Å². The summed E-state index contributed by atoms with van der Waals surface area (Å²) in [5, 5.41) is 11.8. The molecule has 1 aliphatic heterocycles. The van der Waals surface area contributed by atoms with Gasteiger partial charge in [0.2, 0.25) is 10.0 Å². The number of amides is 1. The Morgan fingerprint density at radius 3 is 2.15 bits per heavy atom. The number of rotatable bonds is 14. The lowest BCUT2D eigenvalue weighted by atomic mass is 9.79. The van der Waals surface area contributed by atoms with Crippen molar-refractivity contribution in [3.63, 3.8) is 0 Å². The van der Waals surface area contributed by atoms with E-state index in [1.165, 1.54) is 16.4 Å². The Balaban J connectivity index is 1.61. The standard InChI is InChI=1S/C37H46F2N2O5S/c1-5-13-40(14-6-2)37(44)31-17-26(4)16-29(21-31)35(42)22-30(18-27-19-32(38)23-33(39)20-27)36(43)28-8-7-15-41(24-28)47(45,46)34-11-9-25(3)10-12-34/h9-12,16-17,19-21,23,28,30,36,43H,5-8,13-15,18,22,24H2,1-4H3/t28?,30?,36-/m1/s1. The highest BCUT2D eigenvalue weighted by molar-refractivity contribution is 7.89. The van der Waals surface area contributed by atoms with E-state index in [-0.39, 0.29) is 41.5 Å². The number of benzene rings is 3. The van der Waals surface area contributed by atoms with E-state index in [0.29, 0.717) is 43.6 Å². The molecule has 4 rings (SSSR count). The third-order valence-electron chi connectivity index (χ3n) is 8.83. The van der Waals surface area contributed by atoms with Gasteiger partial charge in [0, 0.05) is 49.8 Å². The highest BCUT2D eigenvalue weighted by Gasteiger charge is 2.37. The Morgan fingerprint density at radius 1 is 0.915 bits per heavy atom. The van der Waals surface area contributed by atoms with Gasteiger partial charge in [0.25, 0.3) is 5.91 Å². The number of hydrogen-bond donors (Lipinski definition) is 1. The normalized spacial score (nSPS) is 16.9. The van der Waals surface area contributed by atoms with Crippen LogP contribution in [0.2, 0.25) is 0 Å². The number of carbonyl (C=O) groups excluding carboxylic acids is 2. The van der Waals surface area contributed by atoms with Gasteiger partial charge in [-0.25, -0.2) is 17.2 Å². The van der Waals surface area contributed by atoms with Crippen LogP contribution in [0.25, 0.3) is 0 Å². The second-order valence-electron chi connectivity index (χ2n) is 12.8. The maximum Gasteiger partial charge on any atom is 0.253 e. The average molecular weight is 669 g/mol. The molecule has 0 aliphatic carbocycles. The van der Waals surface area contributed by atoms with Crippen molar-refractivity contribution in [3.05, 3.63) is 100 Å². The fraction of sp³-hybridized carbons (Fsp3) is 0.459. The van der Waals surface area contributed by atoms with Crippen molar-refractivity contribution < 1.29 is 31.9 Å². The van der Waals surface area contributed by atoms with Crippen molar-refractivity contribution in [1.82, 2.24) is 9.21 Å². The highest BCUT2D eigenvalue weighted by atomic mass is 32.2. The van der Waals surface area contributed by atoms with Gasteiger partial charge in [0.15, 0.2) is 5.78 Å². The zero-order chi connectivity index (χ0) is 34.3. The summed E-state index contributed by atoms with van der Waals surface area (Å²) in [7, 11) is -3.82. The van der Waals surface area contributed by atoms with E-state index in [1.54, 1.807) is 47.4 Å². The number of hydrogen-bond acceptors (Lipinski definition) is 5. The number of piperidine rings is 1. The van der Waals surface area contributed by atoms with Crippen LogP contribution < -0.4 is 0 Å². The molecule has 3 atom stereocenters. The fourth-order valence-corrected chi connectivity index (χ4v) is 8.06. The topological polar surface area (TPSA) is 95.0 Å². The Bertz CT molecular complexity index is 1640. The van der Waals surface area contributed by atoms with Crippen molar-refractivity contribution in [2.45, 2.75) is 77.2 Å². The summed E-state index contributed by atoms with van der Waals surface area (Å²) in [6.07, 6.45) is 1.33. The Labute approximate surface area is 277 Å². The Morgan fingerprint density at radius 2 is 1.53 bits per heavy atom. The first-order valence-electron chi connectivity index (χ1n) is 16.5. The number of nitrogens with zero attached hydrogens (tertiary/aromatic N) is 2. The van der Waals surface area contributed by atoms with Crippen LogP contribution in [-0.2, 0) is 16.4 Å². The van der Waals surface area contributed by atoms with E-state index in [1.807, 2.05) is 27.7 Å². The third kappa shape index (κ3) is 9.33. The minimum atomic E-state index is -3.82. The number of aliphatic hydroxyl groups is 1. The quantitative estimate of drug-likeness (QED) is 0.192. The van der Waals surface area contributed by atoms with E-state index < -0.39 is 39.6 Å². The lowest BCUT2D eigenvalue weighted by Gasteiger charge is -2.37. The summed E-state index contributed by atoms with van der Waals surface area (Å²) < 4.78 is 56.7. The first kappa shape index (κ1) is 36.4. The zero-order valence-corrected chi connectivity index (χ0v) is 28.5. The van der Waals surface area contributed by atoms with Crippen LogP contribution in [0.3, 0.4) is 0 Å². The van der Waals surface area contributed by atoms with E-state index in [9.17, 15) is 31.9 Å². The first-order chi connectivity index (χ1) is 22.3. The molecule has 0 saturated carbocycles. The molecule has 1 aliphatic rings. The number of ketones is 1. The molecule has 1 fully saturated rings. The number of sulfonamides is 1. The largest absolute Gasteiger partial charge is 0.392 e. The van der Waals surface area contributed by atoms with E-state index in [0.717, 1.165) is 30.0 Å². The van der Waals surface area contributed by atoms with Crippen LogP contribution in [0.1, 0.15) is 83.4 Å². The smallest absolute Gasteiger partial charge is 0.253 e. The van der Waals surface area contributed by atoms with Crippen LogP contribution in [-0.4, -0.2) is 66.7 Å². The van der Waals surface area contributed by atoms with Crippen LogP contribution in [0, 0.1) is 37.3 Å². The summed E-state index contributed by atoms with van der Waals surface area (Å²) in [4.78, 5) is 29.2. The van der Waals surface area contributed by atoms with E-state index in [2.05, 4.69) is 0 Å². The minimum Gasteiger partial charge on any atom is -0.392 e. The average Bonchev–Trinajstić information content (AvgIpc) is 3.03. The van der Waals surface area contributed by atoms with Gasteiger partial charge in [-0.3, -0.25) is 9.59 Å². The van der Waals surface area contributed by atoms with Gasteiger partial charge in [0.1, 0.15) is 11.6 Å². The molecule has 10 heteroatoms. The maximum absolute atomic E-state index is 14.2. The third-order valence-corrected chi connectivity index (χ3v) is 10.7. The Hall–Kier alpha value is -3.47. The Kier molecular flexibility index (Phi) is 12.4. The van der Waals surface area contributed by atoms with Crippen molar-refractivity contribution in [2.75, 3.05) is 26.2 Å². The van der Waals surface area contributed by atoms with Crippen molar-refractivity contribution in [1.29, 1.82) is 0 Å². The molecule has 1 amide bonds. The monoisotopic (exact) mass is 668 g/mol. The number of halogens is 2. The predicted octanol–water partition coefficient (Wildman–Crippen LogP) is 6.74. The minimum absolute atomic E-state index is 0.00117. The van der Waals surface area contributed by atoms with Gasteiger partial charge in [-0.15, -0.1) is 0 Å². The van der Waals surface area contributed by atoms with E-state index in [4.69, 9.17) is 0 Å². The molecule has 0 radical (unpaired) electrons.